The molecule has 1 amide bonds. The van der Waals surface area contributed by atoms with Crippen molar-refractivity contribution in [1.29, 1.82) is 0 Å². The number of rotatable bonds is 11. The number of halogens is 2. The monoisotopic (exact) mass is 479 g/mol. The number of amides is 1. The van der Waals surface area contributed by atoms with Crippen LogP contribution in [-0.4, -0.2) is 32.5 Å². The molecule has 0 atom stereocenters. The average Bonchev–Trinajstić information content (AvgIpc) is 3.55. The number of hydrogen-bond donors (Lipinski definition) is 1. The number of benzene rings is 2. The number of nitrogens with one attached hydrogen (secondary N) is 1. The molecule has 0 unspecified atom stereocenters. The van der Waals surface area contributed by atoms with E-state index in [1.54, 1.807) is 30.5 Å². The summed E-state index contributed by atoms with van der Waals surface area (Å²) in [6.07, 6.45) is 11.0. The zero-order valence-electron chi connectivity index (χ0n) is 18.7. The summed E-state index contributed by atoms with van der Waals surface area (Å²) < 4.78 is 35.9. The predicted octanol–water partition coefficient (Wildman–Crippen LogP) is 5.31. The molecule has 0 aliphatic rings. The molecule has 8 nitrogen and oxygen atoms in total. The van der Waals surface area contributed by atoms with Crippen molar-refractivity contribution in [2.45, 2.75) is 32.4 Å². The van der Waals surface area contributed by atoms with Crippen LogP contribution in [0.5, 0.6) is 5.75 Å². The summed E-state index contributed by atoms with van der Waals surface area (Å²) in [5, 5.41) is 10.5. The summed E-state index contributed by atoms with van der Waals surface area (Å²) in [5.41, 5.74) is 2.72. The second-order valence-corrected chi connectivity index (χ2v) is 7.63. The van der Waals surface area contributed by atoms with Crippen molar-refractivity contribution in [2.75, 3.05) is 5.32 Å². The van der Waals surface area contributed by atoms with Gasteiger partial charge in [-0.15, -0.1) is 5.10 Å². The Labute approximate surface area is 200 Å². The molecular formula is C25H23F2N5O3. The van der Waals surface area contributed by atoms with E-state index in [2.05, 4.69) is 25.3 Å². The molecule has 10 heteroatoms. The first-order chi connectivity index (χ1) is 17.0. The quantitative estimate of drug-likeness (QED) is 0.293. The smallest absolute Gasteiger partial charge is 0.387 e. The molecule has 180 valence electrons. The molecule has 35 heavy (non-hydrogen) atoms. The molecule has 0 radical (unpaired) electrons. The van der Waals surface area contributed by atoms with Crippen molar-refractivity contribution >= 4 is 23.7 Å². The molecular weight excluding hydrogens is 456 g/mol. The van der Waals surface area contributed by atoms with E-state index in [1.807, 2.05) is 35.1 Å². The van der Waals surface area contributed by atoms with Crippen molar-refractivity contribution in [3.8, 4) is 5.75 Å². The van der Waals surface area contributed by atoms with Crippen LogP contribution in [0.15, 0.2) is 71.6 Å². The number of nitrogens with zero attached hydrogens (tertiary/aromatic N) is 4. The molecule has 4 aromatic rings. The first-order valence-electron chi connectivity index (χ1n) is 11.0. The second kappa shape index (κ2) is 11.7. The van der Waals surface area contributed by atoms with E-state index < -0.39 is 6.61 Å². The Kier molecular flexibility index (Phi) is 7.95. The van der Waals surface area contributed by atoms with E-state index in [0.29, 0.717) is 5.69 Å². The summed E-state index contributed by atoms with van der Waals surface area (Å²) >= 11 is 0. The van der Waals surface area contributed by atoms with E-state index in [-0.39, 0.29) is 23.2 Å². The molecule has 0 spiro atoms. The third kappa shape index (κ3) is 7.32. The summed E-state index contributed by atoms with van der Waals surface area (Å²) in [4.78, 5) is 16.7. The number of hydrogen-bond acceptors (Lipinski definition) is 6. The number of oxazole rings is 1. The van der Waals surface area contributed by atoms with Crippen molar-refractivity contribution in [3.05, 3.63) is 89.9 Å². The lowest BCUT2D eigenvalue weighted by Crippen LogP contribution is -2.12. The van der Waals surface area contributed by atoms with Crippen LogP contribution in [-0.2, 0) is 13.0 Å². The number of anilines is 1. The van der Waals surface area contributed by atoms with Gasteiger partial charge in [-0.3, -0.25) is 9.48 Å². The van der Waals surface area contributed by atoms with Gasteiger partial charge in [-0.2, -0.15) is 8.78 Å². The number of carbonyl (C=O) groups excluding carboxylic acids is 1. The fraction of sp³-hybridized carbons (Fsp3) is 0.200. The number of aromatic nitrogens is 4. The van der Waals surface area contributed by atoms with Gasteiger partial charge in [-0.1, -0.05) is 29.5 Å². The predicted molar refractivity (Wildman–Crippen MR) is 126 cm³/mol. The maximum atomic E-state index is 12.5. The minimum absolute atomic E-state index is 0.0726. The van der Waals surface area contributed by atoms with Crippen LogP contribution in [0.2, 0.25) is 0 Å². The highest BCUT2D eigenvalue weighted by molar-refractivity contribution is 6.02. The third-order valence-electron chi connectivity index (χ3n) is 5.06. The Balaban J connectivity index is 1.24. The normalized spacial score (nSPS) is 11.3. The SMILES string of the molecule is O=C(Nc1ccc(CCCCn2ccnn2)cc1)c1coc(C=Cc2ccc(OC(F)F)cc2)n1. The highest BCUT2D eigenvalue weighted by atomic mass is 19.3. The molecule has 0 aliphatic carbocycles. The van der Waals surface area contributed by atoms with E-state index in [0.717, 1.165) is 31.4 Å². The summed E-state index contributed by atoms with van der Waals surface area (Å²) in [5.74, 6) is -0.0739. The van der Waals surface area contributed by atoms with Crippen LogP contribution >= 0.6 is 0 Å². The van der Waals surface area contributed by atoms with Gasteiger partial charge >= 0.3 is 6.61 Å². The van der Waals surface area contributed by atoms with E-state index in [1.165, 1.54) is 24.0 Å². The van der Waals surface area contributed by atoms with Crippen LogP contribution < -0.4 is 10.1 Å². The first kappa shape index (κ1) is 23.8. The molecule has 2 aromatic carbocycles. The van der Waals surface area contributed by atoms with Gasteiger partial charge < -0.3 is 14.5 Å². The maximum Gasteiger partial charge on any atom is 0.387 e. The van der Waals surface area contributed by atoms with Crippen LogP contribution in [0, 0.1) is 0 Å². The second-order valence-electron chi connectivity index (χ2n) is 7.63. The zero-order chi connectivity index (χ0) is 24.5. The van der Waals surface area contributed by atoms with E-state index in [4.69, 9.17) is 4.42 Å². The van der Waals surface area contributed by atoms with E-state index >= 15 is 0 Å². The standard InChI is InChI=1S/C25H23F2N5O3/c26-25(27)35-21-11-6-19(7-12-21)8-13-23-30-22(17-34-23)24(33)29-20-9-4-18(5-10-20)3-1-2-15-32-16-14-28-31-32/h4-14,16-17,25H,1-3,15H2,(H,29,33). The Hall–Kier alpha value is -4.34. The molecule has 0 bridgehead atoms. The first-order valence-corrected chi connectivity index (χ1v) is 11.0. The van der Waals surface area contributed by atoms with Gasteiger partial charge in [-0.25, -0.2) is 4.98 Å². The number of ether oxygens (including phenoxy) is 1. The Morgan fingerprint density at radius 3 is 2.60 bits per heavy atom. The molecule has 2 heterocycles. The van der Waals surface area contributed by atoms with Crippen molar-refractivity contribution in [3.63, 3.8) is 0 Å². The molecule has 0 aliphatic heterocycles. The summed E-state index contributed by atoms with van der Waals surface area (Å²) in [6, 6.07) is 13.8. The number of unbranched alkanes of at least 4 members (excludes halogenated alkanes) is 1. The molecule has 2 aromatic heterocycles. The van der Waals surface area contributed by atoms with Gasteiger partial charge in [0.05, 0.1) is 6.20 Å². The largest absolute Gasteiger partial charge is 0.444 e. The molecule has 0 fully saturated rings. The van der Waals surface area contributed by atoms with Crippen molar-refractivity contribution < 1.29 is 22.7 Å². The van der Waals surface area contributed by atoms with Gasteiger partial charge in [0.1, 0.15) is 12.0 Å². The molecule has 4 rings (SSSR count). The van der Waals surface area contributed by atoms with Crippen LogP contribution in [0.3, 0.4) is 0 Å². The van der Waals surface area contributed by atoms with Gasteiger partial charge in [0.15, 0.2) is 5.69 Å². The lowest BCUT2D eigenvalue weighted by atomic mass is 10.1. The van der Waals surface area contributed by atoms with Gasteiger partial charge in [0, 0.05) is 24.5 Å². The highest BCUT2D eigenvalue weighted by Gasteiger charge is 2.11. The topological polar surface area (TPSA) is 95.1 Å². The number of alkyl halides is 2. The minimum Gasteiger partial charge on any atom is -0.444 e. The Bertz CT molecular complexity index is 1240. The van der Waals surface area contributed by atoms with Crippen LogP contribution in [0.4, 0.5) is 14.5 Å². The molecule has 0 saturated carbocycles. The maximum absolute atomic E-state index is 12.5. The van der Waals surface area contributed by atoms with E-state index in [9.17, 15) is 13.6 Å². The lowest BCUT2D eigenvalue weighted by Gasteiger charge is -2.05. The number of aryl methyl sites for hydroxylation is 2. The van der Waals surface area contributed by atoms with Gasteiger partial charge in [0.2, 0.25) is 5.89 Å². The third-order valence-corrected chi connectivity index (χ3v) is 5.06. The van der Waals surface area contributed by atoms with Crippen molar-refractivity contribution in [2.24, 2.45) is 0 Å². The summed E-state index contributed by atoms with van der Waals surface area (Å²) in [6.45, 7) is -2.03. The Morgan fingerprint density at radius 1 is 1.09 bits per heavy atom. The van der Waals surface area contributed by atoms with Crippen LogP contribution in [0.1, 0.15) is 40.3 Å². The van der Waals surface area contributed by atoms with Gasteiger partial charge in [-0.05, 0) is 60.7 Å². The number of carbonyl (C=O) groups is 1. The highest BCUT2D eigenvalue weighted by Crippen LogP contribution is 2.17. The van der Waals surface area contributed by atoms with Crippen molar-refractivity contribution in [1.82, 2.24) is 20.0 Å². The van der Waals surface area contributed by atoms with Crippen LogP contribution in [0.25, 0.3) is 12.2 Å². The molecule has 0 saturated heterocycles. The van der Waals surface area contributed by atoms with Gasteiger partial charge in [0.25, 0.3) is 5.91 Å². The fourth-order valence-electron chi connectivity index (χ4n) is 3.30. The average molecular weight is 479 g/mol. The lowest BCUT2D eigenvalue weighted by molar-refractivity contribution is -0.0498. The fourth-order valence-corrected chi connectivity index (χ4v) is 3.30. The Morgan fingerprint density at radius 2 is 1.89 bits per heavy atom. The zero-order valence-corrected chi connectivity index (χ0v) is 18.7. The summed E-state index contributed by atoms with van der Waals surface area (Å²) in [7, 11) is 0. The minimum atomic E-state index is -2.87. The molecule has 1 N–H and O–H groups in total.